The maximum Gasteiger partial charge on any atom is 0.344 e. The molecule has 0 aliphatic carbocycles. The first-order valence-corrected chi connectivity index (χ1v) is 3.95. The first-order valence-electron chi connectivity index (χ1n) is 3.95. The monoisotopic (exact) mass is 199 g/mol. The van der Waals surface area contributed by atoms with Gasteiger partial charge in [0.2, 0.25) is 0 Å². The Balaban J connectivity index is 2.82. The zero-order valence-corrected chi connectivity index (χ0v) is 7.53. The summed E-state index contributed by atoms with van der Waals surface area (Å²) in [6, 6.07) is 3.52. The molecule has 5 heteroatoms. The average molecular weight is 199 g/mol. The lowest BCUT2D eigenvalue weighted by Gasteiger charge is -2.11. The molecule has 14 heavy (non-hydrogen) atoms. The molecule has 3 N–H and O–H groups in total. The Morgan fingerprint density at radius 3 is 2.79 bits per heavy atom. The molecule has 1 aromatic carbocycles. The number of aliphatic carboxylic acids is 1. The van der Waals surface area contributed by atoms with Crippen LogP contribution in [0.25, 0.3) is 0 Å². The summed E-state index contributed by atoms with van der Waals surface area (Å²) in [6.45, 7) is 1.37. The van der Waals surface area contributed by atoms with Crippen molar-refractivity contribution in [1.29, 1.82) is 0 Å². The summed E-state index contributed by atoms with van der Waals surface area (Å²) >= 11 is 0. The number of carbonyl (C=O) groups is 1. The molecule has 0 aromatic heterocycles. The van der Waals surface area contributed by atoms with E-state index in [1.54, 1.807) is 0 Å². The predicted octanol–water partition coefficient (Wildman–Crippen LogP) is 1.26. The second-order valence-electron chi connectivity index (χ2n) is 2.78. The van der Waals surface area contributed by atoms with Gasteiger partial charge in [-0.3, -0.25) is 0 Å². The van der Waals surface area contributed by atoms with Crippen molar-refractivity contribution in [2.75, 3.05) is 5.73 Å². The number of halogens is 1. The van der Waals surface area contributed by atoms with Crippen LogP contribution in [-0.2, 0) is 4.79 Å². The van der Waals surface area contributed by atoms with Gasteiger partial charge in [0.1, 0.15) is 11.6 Å². The SMILES string of the molecule is CC(Oc1ccc(F)cc1N)C(=O)O. The normalized spacial score (nSPS) is 12.1. The largest absolute Gasteiger partial charge is 0.479 e. The smallest absolute Gasteiger partial charge is 0.344 e. The highest BCUT2D eigenvalue weighted by atomic mass is 19.1. The van der Waals surface area contributed by atoms with Crippen molar-refractivity contribution in [3.05, 3.63) is 24.0 Å². The molecule has 1 aromatic rings. The molecule has 0 spiro atoms. The van der Waals surface area contributed by atoms with Crippen LogP contribution in [0.5, 0.6) is 5.75 Å². The van der Waals surface area contributed by atoms with E-state index < -0.39 is 17.9 Å². The molecule has 1 unspecified atom stereocenters. The van der Waals surface area contributed by atoms with E-state index in [-0.39, 0.29) is 11.4 Å². The Labute approximate surface area is 80.1 Å². The van der Waals surface area contributed by atoms with E-state index in [9.17, 15) is 9.18 Å². The summed E-state index contributed by atoms with van der Waals surface area (Å²) in [5.41, 5.74) is 5.49. The number of ether oxygens (including phenoxy) is 1. The van der Waals surface area contributed by atoms with Gasteiger partial charge in [-0.05, 0) is 19.1 Å². The summed E-state index contributed by atoms with van der Waals surface area (Å²) in [6.07, 6.45) is -1.01. The molecule has 0 saturated heterocycles. The zero-order chi connectivity index (χ0) is 10.7. The number of hydrogen-bond acceptors (Lipinski definition) is 3. The lowest BCUT2D eigenvalue weighted by molar-refractivity contribution is -0.144. The van der Waals surface area contributed by atoms with Crippen LogP contribution in [0.2, 0.25) is 0 Å². The maximum atomic E-state index is 12.6. The Bertz CT molecular complexity index is 354. The second kappa shape index (κ2) is 3.95. The van der Waals surface area contributed by atoms with Crippen LogP contribution < -0.4 is 10.5 Å². The quantitative estimate of drug-likeness (QED) is 0.719. The van der Waals surface area contributed by atoms with Gasteiger partial charge in [-0.2, -0.15) is 0 Å². The molecule has 4 nitrogen and oxygen atoms in total. The van der Waals surface area contributed by atoms with Gasteiger partial charge < -0.3 is 15.6 Å². The van der Waals surface area contributed by atoms with Gasteiger partial charge in [0.15, 0.2) is 6.10 Å². The highest BCUT2D eigenvalue weighted by Crippen LogP contribution is 2.22. The summed E-state index contributed by atoms with van der Waals surface area (Å²) in [7, 11) is 0. The van der Waals surface area contributed by atoms with Crippen LogP contribution in [0.3, 0.4) is 0 Å². The van der Waals surface area contributed by atoms with Crippen LogP contribution in [0, 0.1) is 5.82 Å². The van der Waals surface area contributed by atoms with Crippen LogP contribution in [0.1, 0.15) is 6.92 Å². The molecule has 0 saturated carbocycles. The average Bonchev–Trinajstić information content (AvgIpc) is 2.09. The highest BCUT2D eigenvalue weighted by Gasteiger charge is 2.13. The number of nitrogen functional groups attached to an aromatic ring is 1. The van der Waals surface area contributed by atoms with Crippen molar-refractivity contribution in [3.8, 4) is 5.75 Å². The van der Waals surface area contributed by atoms with Gasteiger partial charge in [-0.25, -0.2) is 9.18 Å². The van der Waals surface area contributed by atoms with E-state index in [4.69, 9.17) is 15.6 Å². The summed E-state index contributed by atoms with van der Waals surface area (Å²) < 4.78 is 17.6. The predicted molar refractivity (Wildman–Crippen MR) is 48.5 cm³/mol. The van der Waals surface area contributed by atoms with E-state index in [1.807, 2.05) is 0 Å². The van der Waals surface area contributed by atoms with E-state index >= 15 is 0 Å². The fourth-order valence-electron chi connectivity index (χ4n) is 0.868. The Morgan fingerprint density at radius 2 is 2.29 bits per heavy atom. The van der Waals surface area contributed by atoms with Crippen molar-refractivity contribution in [2.45, 2.75) is 13.0 Å². The fourth-order valence-corrected chi connectivity index (χ4v) is 0.868. The standard InChI is InChI=1S/C9H10FNO3/c1-5(9(12)13)14-8-3-2-6(10)4-7(8)11/h2-5H,11H2,1H3,(H,12,13). The summed E-state index contributed by atoms with van der Waals surface area (Å²) in [5.74, 6) is -1.42. The van der Waals surface area contributed by atoms with Gasteiger partial charge in [0.05, 0.1) is 5.69 Å². The van der Waals surface area contributed by atoms with Crippen molar-refractivity contribution < 1.29 is 19.0 Å². The fraction of sp³-hybridized carbons (Fsp3) is 0.222. The van der Waals surface area contributed by atoms with Gasteiger partial charge in [0, 0.05) is 6.07 Å². The number of rotatable bonds is 3. The molecule has 0 fully saturated rings. The number of benzene rings is 1. The summed E-state index contributed by atoms with van der Waals surface area (Å²) in [5, 5.41) is 8.55. The maximum absolute atomic E-state index is 12.6. The van der Waals surface area contributed by atoms with Crippen molar-refractivity contribution in [2.24, 2.45) is 0 Å². The van der Waals surface area contributed by atoms with E-state index in [1.165, 1.54) is 13.0 Å². The number of carboxylic acids is 1. The minimum atomic E-state index is -1.10. The molecule has 0 amide bonds. The van der Waals surface area contributed by atoms with Crippen molar-refractivity contribution >= 4 is 11.7 Å². The molecular weight excluding hydrogens is 189 g/mol. The lowest BCUT2D eigenvalue weighted by Crippen LogP contribution is -2.23. The second-order valence-corrected chi connectivity index (χ2v) is 2.78. The third-order valence-corrected chi connectivity index (χ3v) is 1.62. The molecule has 0 bridgehead atoms. The van der Waals surface area contributed by atoms with Crippen LogP contribution in [-0.4, -0.2) is 17.2 Å². The number of anilines is 1. The summed E-state index contributed by atoms with van der Waals surface area (Å²) in [4.78, 5) is 10.4. The topological polar surface area (TPSA) is 72.5 Å². The molecule has 0 aliphatic heterocycles. The number of nitrogens with two attached hydrogens (primary N) is 1. The van der Waals surface area contributed by atoms with E-state index in [0.717, 1.165) is 12.1 Å². The van der Waals surface area contributed by atoms with Gasteiger partial charge in [-0.15, -0.1) is 0 Å². The van der Waals surface area contributed by atoms with Crippen molar-refractivity contribution in [3.63, 3.8) is 0 Å². The minimum absolute atomic E-state index is 0.0816. The molecule has 1 atom stereocenters. The third-order valence-electron chi connectivity index (χ3n) is 1.62. The Morgan fingerprint density at radius 1 is 1.64 bits per heavy atom. The van der Waals surface area contributed by atoms with E-state index in [2.05, 4.69) is 0 Å². The molecule has 1 rings (SSSR count). The third kappa shape index (κ3) is 2.35. The highest BCUT2D eigenvalue weighted by molar-refractivity contribution is 5.72. The molecular formula is C9H10FNO3. The molecule has 0 radical (unpaired) electrons. The van der Waals surface area contributed by atoms with Gasteiger partial charge >= 0.3 is 5.97 Å². The van der Waals surface area contributed by atoms with E-state index in [0.29, 0.717) is 0 Å². The van der Waals surface area contributed by atoms with Crippen LogP contribution in [0.4, 0.5) is 10.1 Å². The Kier molecular flexibility index (Phi) is 2.91. The lowest BCUT2D eigenvalue weighted by atomic mass is 10.3. The van der Waals surface area contributed by atoms with Crippen LogP contribution >= 0.6 is 0 Å². The first-order chi connectivity index (χ1) is 6.50. The number of hydrogen-bond donors (Lipinski definition) is 2. The number of carboxylic acid groups (broad SMARTS) is 1. The first kappa shape index (κ1) is 10.3. The Hall–Kier alpha value is -1.78. The molecule has 0 heterocycles. The van der Waals surface area contributed by atoms with Gasteiger partial charge in [0.25, 0.3) is 0 Å². The van der Waals surface area contributed by atoms with Crippen LogP contribution in [0.15, 0.2) is 18.2 Å². The zero-order valence-electron chi connectivity index (χ0n) is 7.53. The van der Waals surface area contributed by atoms with Gasteiger partial charge in [-0.1, -0.05) is 0 Å². The van der Waals surface area contributed by atoms with Crippen molar-refractivity contribution in [1.82, 2.24) is 0 Å². The molecule has 0 aliphatic rings. The molecule has 76 valence electrons. The minimum Gasteiger partial charge on any atom is -0.479 e.